The summed E-state index contributed by atoms with van der Waals surface area (Å²) in [7, 11) is 2.21. The molecule has 0 saturated carbocycles. The summed E-state index contributed by atoms with van der Waals surface area (Å²) in [6.07, 6.45) is 0. The van der Waals surface area contributed by atoms with E-state index in [1.54, 1.807) is 0 Å². The van der Waals surface area contributed by atoms with E-state index in [1.807, 2.05) is 0 Å². The van der Waals surface area contributed by atoms with Gasteiger partial charge in [0.05, 0.1) is 0 Å². The highest BCUT2D eigenvalue weighted by Gasteiger charge is 2.19. The molecule has 1 atom stereocenters. The molecule has 1 N–H and O–H groups in total. The third kappa shape index (κ3) is 7.24. The second-order valence-electron chi connectivity index (χ2n) is 6.38. The first-order valence-electron chi connectivity index (χ1n) is 6.52. The first-order chi connectivity index (χ1) is 7.38. The van der Waals surface area contributed by atoms with Crippen molar-refractivity contribution in [2.75, 3.05) is 46.3 Å². The van der Waals surface area contributed by atoms with E-state index in [2.05, 4.69) is 49.9 Å². The van der Waals surface area contributed by atoms with E-state index >= 15 is 0 Å². The number of rotatable bonds is 4. The Morgan fingerprint density at radius 2 is 1.65 bits per heavy atom. The van der Waals surface area contributed by atoms with Gasteiger partial charge in [0.25, 0.3) is 0 Å². The lowest BCUT2D eigenvalue weighted by Gasteiger charge is -2.36. The molecule has 1 aliphatic heterocycles. The fourth-order valence-corrected chi connectivity index (χ4v) is 2.05. The van der Waals surface area contributed by atoms with Crippen LogP contribution in [0.25, 0.3) is 0 Å². The smallest absolute Gasteiger partial charge is 0.0193 e. The second kappa shape index (κ2) is 7.57. The van der Waals surface area contributed by atoms with E-state index in [9.17, 15) is 0 Å². The van der Waals surface area contributed by atoms with E-state index in [0.717, 1.165) is 13.1 Å². The highest BCUT2D eigenvalue weighted by molar-refractivity contribution is 5.85. The van der Waals surface area contributed by atoms with Crippen LogP contribution in [0.1, 0.15) is 27.7 Å². The molecule has 0 aromatic heterocycles. The molecule has 1 fully saturated rings. The van der Waals surface area contributed by atoms with Gasteiger partial charge < -0.3 is 10.2 Å². The van der Waals surface area contributed by atoms with Crippen molar-refractivity contribution in [1.29, 1.82) is 0 Å². The van der Waals surface area contributed by atoms with Crippen molar-refractivity contribution in [1.82, 2.24) is 15.1 Å². The van der Waals surface area contributed by atoms with Crippen LogP contribution in [0.4, 0.5) is 0 Å². The molecule has 1 saturated heterocycles. The van der Waals surface area contributed by atoms with Gasteiger partial charge in [-0.3, -0.25) is 4.90 Å². The van der Waals surface area contributed by atoms with Gasteiger partial charge in [0.2, 0.25) is 0 Å². The zero-order valence-corrected chi connectivity index (χ0v) is 12.9. The Bertz CT molecular complexity index is 195. The van der Waals surface area contributed by atoms with Gasteiger partial charge in [0, 0.05) is 45.3 Å². The topological polar surface area (TPSA) is 18.5 Å². The Kier molecular flexibility index (Phi) is 7.65. The summed E-state index contributed by atoms with van der Waals surface area (Å²) in [6.45, 7) is 16.2. The number of piperazine rings is 1. The standard InChI is InChI=1S/C13H29N3.ClH/c1-12(10-14-11-13(2,3)4)16-8-6-15(5)7-9-16;/h12,14H,6-11H2,1-5H3;1H. The summed E-state index contributed by atoms with van der Waals surface area (Å²) in [4.78, 5) is 5.00. The molecule has 0 amide bonds. The van der Waals surface area contributed by atoms with Crippen molar-refractivity contribution in [3.05, 3.63) is 0 Å². The van der Waals surface area contributed by atoms with Crippen molar-refractivity contribution in [3.63, 3.8) is 0 Å². The maximum Gasteiger partial charge on any atom is 0.0193 e. The van der Waals surface area contributed by atoms with Crippen LogP contribution >= 0.6 is 12.4 Å². The van der Waals surface area contributed by atoms with Crippen molar-refractivity contribution in [3.8, 4) is 0 Å². The van der Waals surface area contributed by atoms with E-state index in [-0.39, 0.29) is 12.4 Å². The maximum atomic E-state index is 3.58. The van der Waals surface area contributed by atoms with E-state index in [4.69, 9.17) is 0 Å². The lowest BCUT2D eigenvalue weighted by molar-refractivity contribution is 0.116. The predicted molar refractivity (Wildman–Crippen MR) is 78.1 cm³/mol. The molecular weight excluding hydrogens is 234 g/mol. The summed E-state index contributed by atoms with van der Waals surface area (Å²) in [6, 6.07) is 0.663. The fraction of sp³-hybridized carbons (Fsp3) is 1.00. The van der Waals surface area contributed by atoms with Crippen LogP contribution < -0.4 is 5.32 Å². The predicted octanol–water partition coefficient (Wildman–Crippen LogP) is 1.68. The zero-order chi connectivity index (χ0) is 12.2. The van der Waals surface area contributed by atoms with Crippen molar-refractivity contribution in [2.45, 2.75) is 33.7 Å². The van der Waals surface area contributed by atoms with Crippen molar-refractivity contribution >= 4 is 12.4 Å². The molecule has 0 aromatic rings. The van der Waals surface area contributed by atoms with E-state index in [0.29, 0.717) is 11.5 Å². The van der Waals surface area contributed by atoms with Crippen LogP contribution in [0.15, 0.2) is 0 Å². The largest absolute Gasteiger partial charge is 0.315 e. The van der Waals surface area contributed by atoms with Crippen LogP contribution in [0.5, 0.6) is 0 Å². The van der Waals surface area contributed by atoms with Crippen molar-refractivity contribution < 1.29 is 0 Å². The lowest BCUT2D eigenvalue weighted by Crippen LogP contribution is -2.51. The second-order valence-corrected chi connectivity index (χ2v) is 6.38. The minimum absolute atomic E-state index is 0. The van der Waals surface area contributed by atoms with Gasteiger partial charge in [-0.15, -0.1) is 12.4 Å². The highest BCUT2D eigenvalue weighted by atomic mass is 35.5. The first kappa shape index (κ1) is 17.2. The van der Waals surface area contributed by atoms with Crippen LogP contribution in [0.3, 0.4) is 0 Å². The van der Waals surface area contributed by atoms with Crippen LogP contribution in [-0.2, 0) is 0 Å². The summed E-state index contributed by atoms with van der Waals surface area (Å²) >= 11 is 0. The van der Waals surface area contributed by atoms with Crippen molar-refractivity contribution in [2.24, 2.45) is 5.41 Å². The Morgan fingerprint density at radius 3 is 2.12 bits per heavy atom. The third-order valence-corrected chi connectivity index (χ3v) is 3.26. The Morgan fingerprint density at radius 1 is 1.12 bits per heavy atom. The first-order valence-corrected chi connectivity index (χ1v) is 6.52. The number of halogens is 1. The van der Waals surface area contributed by atoms with Gasteiger partial charge in [-0.2, -0.15) is 0 Å². The molecule has 4 heteroatoms. The molecule has 17 heavy (non-hydrogen) atoms. The Balaban J connectivity index is 0.00000256. The maximum absolute atomic E-state index is 3.58. The molecule has 1 aliphatic rings. The zero-order valence-electron chi connectivity index (χ0n) is 12.1. The highest BCUT2D eigenvalue weighted by Crippen LogP contribution is 2.10. The van der Waals surface area contributed by atoms with Gasteiger partial charge >= 0.3 is 0 Å². The molecule has 0 radical (unpaired) electrons. The Hall–Kier alpha value is 0.170. The normalized spacial score (nSPS) is 21.0. The van der Waals surface area contributed by atoms with Gasteiger partial charge in [-0.25, -0.2) is 0 Å². The number of nitrogens with one attached hydrogen (secondary N) is 1. The van der Waals surface area contributed by atoms with Gasteiger partial charge in [0.15, 0.2) is 0 Å². The summed E-state index contributed by atoms with van der Waals surface area (Å²) < 4.78 is 0. The average Bonchev–Trinajstić information content (AvgIpc) is 2.16. The minimum Gasteiger partial charge on any atom is -0.315 e. The fourth-order valence-electron chi connectivity index (χ4n) is 2.05. The lowest BCUT2D eigenvalue weighted by atomic mass is 9.97. The molecule has 0 spiro atoms. The molecule has 0 aromatic carbocycles. The molecule has 0 bridgehead atoms. The van der Waals surface area contributed by atoms with Crippen LogP contribution in [0.2, 0.25) is 0 Å². The van der Waals surface area contributed by atoms with Gasteiger partial charge in [-0.1, -0.05) is 20.8 Å². The molecule has 1 heterocycles. The monoisotopic (exact) mass is 263 g/mol. The minimum atomic E-state index is 0. The molecule has 1 rings (SSSR count). The Labute approximate surface area is 113 Å². The molecule has 1 unspecified atom stereocenters. The van der Waals surface area contributed by atoms with E-state index < -0.39 is 0 Å². The molecular formula is C13H30ClN3. The summed E-state index contributed by atoms with van der Waals surface area (Å²) in [5.41, 5.74) is 0.391. The quantitative estimate of drug-likeness (QED) is 0.833. The third-order valence-electron chi connectivity index (χ3n) is 3.26. The van der Waals surface area contributed by atoms with Gasteiger partial charge in [0.1, 0.15) is 0 Å². The molecule has 3 nitrogen and oxygen atoms in total. The molecule has 104 valence electrons. The van der Waals surface area contributed by atoms with Crippen LogP contribution in [-0.4, -0.2) is 62.2 Å². The van der Waals surface area contributed by atoms with Gasteiger partial charge in [-0.05, 0) is 19.4 Å². The number of nitrogens with zero attached hydrogens (tertiary/aromatic N) is 2. The number of hydrogen-bond acceptors (Lipinski definition) is 3. The number of likely N-dealkylation sites (N-methyl/N-ethyl adjacent to an activating group) is 1. The number of hydrogen-bond donors (Lipinski definition) is 1. The van der Waals surface area contributed by atoms with E-state index in [1.165, 1.54) is 26.2 Å². The SMILES string of the molecule is CC(CNCC(C)(C)C)N1CCN(C)CC1.Cl. The average molecular weight is 264 g/mol. The summed E-state index contributed by atoms with van der Waals surface area (Å²) in [5.74, 6) is 0. The molecule has 0 aliphatic carbocycles. The summed E-state index contributed by atoms with van der Waals surface area (Å²) in [5, 5.41) is 3.58. The van der Waals surface area contributed by atoms with Crippen LogP contribution in [0, 0.1) is 5.41 Å².